The van der Waals surface area contributed by atoms with Crippen molar-refractivity contribution in [2.45, 2.75) is 13.0 Å². The largest absolute Gasteiger partial charge is 0.481 e. The number of ether oxygens (including phenoxy) is 1. The second-order valence-corrected chi connectivity index (χ2v) is 5.52. The van der Waals surface area contributed by atoms with E-state index in [-0.39, 0.29) is 13.2 Å². The Labute approximate surface area is 134 Å². The summed E-state index contributed by atoms with van der Waals surface area (Å²) < 4.78 is 5.35. The number of aliphatic carboxylic acids is 1. The van der Waals surface area contributed by atoms with Gasteiger partial charge in [0.2, 0.25) is 0 Å². The quantitative estimate of drug-likeness (QED) is 0.946. The maximum atomic E-state index is 12.4. The number of hydrogen-bond donors (Lipinski definition) is 1. The number of carboxylic acids is 1. The molecule has 23 heavy (non-hydrogen) atoms. The zero-order chi connectivity index (χ0) is 16.2. The fourth-order valence-electron chi connectivity index (χ4n) is 2.73. The summed E-state index contributed by atoms with van der Waals surface area (Å²) in [5.74, 6) is -1.52. The summed E-state index contributed by atoms with van der Waals surface area (Å²) in [7, 11) is 0. The highest BCUT2D eigenvalue weighted by Gasteiger charge is 2.32. The van der Waals surface area contributed by atoms with E-state index in [1.165, 1.54) is 4.90 Å². The first-order valence-electron chi connectivity index (χ1n) is 7.44. The summed E-state index contributed by atoms with van der Waals surface area (Å²) in [5, 5.41) is 9.29. The van der Waals surface area contributed by atoms with E-state index in [0.29, 0.717) is 6.42 Å². The van der Waals surface area contributed by atoms with Crippen LogP contribution in [0.2, 0.25) is 0 Å². The Balaban J connectivity index is 1.77. The molecular formula is C18H17NO4. The monoisotopic (exact) mass is 311 g/mol. The molecule has 0 spiro atoms. The van der Waals surface area contributed by atoms with E-state index in [2.05, 4.69) is 0 Å². The molecule has 0 saturated heterocycles. The van der Waals surface area contributed by atoms with Crippen molar-refractivity contribution in [3.8, 4) is 0 Å². The van der Waals surface area contributed by atoms with E-state index in [0.717, 1.165) is 16.8 Å². The molecule has 1 amide bonds. The number of carboxylic acid groups (broad SMARTS) is 1. The highest BCUT2D eigenvalue weighted by Crippen LogP contribution is 2.30. The first kappa shape index (κ1) is 15.1. The van der Waals surface area contributed by atoms with Crippen LogP contribution < -0.4 is 4.90 Å². The van der Waals surface area contributed by atoms with Crippen LogP contribution in [0.1, 0.15) is 11.1 Å². The van der Waals surface area contributed by atoms with Crippen molar-refractivity contribution in [3.63, 3.8) is 0 Å². The molecule has 0 radical (unpaired) electrons. The topological polar surface area (TPSA) is 66.8 Å². The van der Waals surface area contributed by atoms with Crippen LogP contribution in [-0.2, 0) is 22.6 Å². The second-order valence-electron chi connectivity index (χ2n) is 5.52. The number of carbonyl (C=O) groups is 2. The number of para-hydroxylation sites is 1. The third kappa shape index (κ3) is 3.34. The van der Waals surface area contributed by atoms with Gasteiger partial charge in [0.1, 0.15) is 6.61 Å². The number of amides is 1. The lowest BCUT2D eigenvalue weighted by Crippen LogP contribution is -2.42. The molecule has 0 saturated carbocycles. The number of anilines is 1. The Kier molecular flexibility index (Phi) is 4.28. The van der Waals surface area contributed by atoms with Crippen molar-refractivity contribution in [3.05, 3.63) is 65.7 Å². The Bertz CT molecular complexity index is 714. The predicted molar refractivity (Wildman–Crippen MR) is 85.2 cm³/mol. The second kappa shape index (κ2) is 6.52. The van der Waals surface area contributed by atoms with Crippen LogP contribution in [0.3, 0.4) is 0 Å². The lowest BCUT2D eigenvalue weighted by atomic mass is 9.93. The molecular weight excluding hydrogens is 294 g/mol. The molecule has 1 aliphatic heterocycles. The number of benzene rings is 2. The van der Waals surface area contributed by atoms with E-state index in [1.54, 1.807) is 0 Å². The fourth-order valence-corrected chi connectivity index (χ4v) is 2.73. The van der Waals surface area contributed by atoms with Crippen LogP contribution in [0.4, 0.5) is 10.5 Å². The minimum atomic E-state index is -0.902. The van der Waals surface area contributed by atoms with Gasteiger partial charge in [-0.1, -0.05) is 48.5 Å². The predicted octanol–water partition coefficient (Wildman–Crippen LogP) is 3.09. The van der Waals surface area contributed by atoms with Crippen LogP contribution >= 0.6 is 0 Å². The van der Waals surface area contributed by atoms with Gasteiger partial charge in [-0.15, -0.1) is 0 Å². The summed E-state index contributed by atoms with van der Waals surface area (Å²) in [6.45, 7) is 0.288. The first-order chi connectivity index (χ1) is 11.1. The van der Waals surface area contributed by atoms with Crippen LogP contribution in [-0.4, -0.2) is 23.7 Å². The molecule has 0 aromatic heterocycles. The van der Waals surface area contributed by atoms with Gasteiger partial charge in [0.25, 0.3) is 0 Å². The van der Waals surface area contributed by atoms with Gasteiger partial charge in [-0.25, -0.2) is 4.79 Å². The first-order valence-corrected chi connectivity index (χ1v) is 7.44. The maximum absolute atomic E-state index is 12.4. The van der Waals surface area contributed by atoms with Crippen molar-refractivity contribution in [2.75, 3.05) is 11.4 Å². The molecule has 3 rings (SSSR count). The Hall–Kier alpha value is -2.82. The van der Waals surface area contributed by atoms with Crippen LogP contribution in [0.25, 0.3) is 0 Å². The summed E-state index contributed by atoms with van der Waals surface area (Å²) in [4.78, 5) is 25.2. The number of carbonyl (C=O) groups excluding carboxylic acids is 1. The van der Waals surface area contributed by atoms with Crippen LogP contribution in [0, 0.1) is 5.92 Å². The minimum absolute atomic E-state index is 0.125. The third-order valence-corrected chi connectivity index (χ3v) is 3.93. The molecule has 5 nitrogen and oxygen atoms in total. The SMILES string of the molecule is O=C(O)C1Cc2ccccc2N(C(=O)OCc2ccccc2)C1. The molecule has 118 valence electrons. The average Bonchev–Trinajstić information content (AvgIpc) is 2.59. The van der Waals surface area contributed by atoms with Crippen molar-refractivity contribution in [1.82, 2.24) is 0 Å². The van der Waals surface area contributed by atoms with Crippen molar-refractivity contribution in [2.24, 2.45) is 5.92 Å². The lowest BCUT2D eigenvalue weighted by molar-refractivity contribution is -0.141. The van der Waals surface area contributed by atoms with E-state index in [9.17, 15) is 14.7 Å². The summed E-state index contributed by atoms with van der Waals surface area (Å²) >= 11 is 0. The highest BCUT2D eigenvalue weighted by atomic mass is 16.6. The van der Waals surface area contributed by atoms with Gasteiger partial charge in [-0.05, 0) is 23.6 Å². The molecule has 0 bridgehead atoms. The molecule has 1 atom stereocenters. The molecule has 0 fully saturated rings. The van der Waals surface area contributed by atoms with Gasteiger partial charge in [-0.3, -0.25) is 9.69 Å². The third-order valence-electron chi connectivity index (χ3n) is 3.93. The number of hydrogen-bond acceptors (Lipinski definition) is 3. The van der Waals surface area contributed by atoms with Gasteiger partial charge >= 0.3 is 12.1 Å². The lowest BCUT2D eigenvalue weighted by Gasteiger charge is -2.32. The van der Waals surface area contributed by atoms with Gasteiger partial charge in [0.05, 0.1) is 11.6 Å². The van der Waals surface area contributed by atoms with Crippen molar-refractivity contribution in [1.29, 1.82) is 0 Å². The van der Waals surface area contributed by atoms with Gasteiger partial charge in [0.15, 0.2) is 0 Å². The summed E-state index contributed by atoms with van der Waals surface area (Å²) in [5.41, 5.74) is 2.46. The molecule has 2 aromatic carbocycles. The van der Waals surface area contributed by atoms with E-state index in [4.69, 9.17) is 4.74 Å². The standard InChI is InChI=1S/C18H17NO4/c20-17(21)15-10-14-8-4-5-9-16(14)19(11-15)18(22)23-12-13-6-2-1-3-7-13/h1-9,15H,10-12H2,(H,20,21). The molecule has 1 N–H and O–H groups in total. The molecule has 2 aromatic rings. The molecule has 1 aliphatic rings. The Morgan fingerprint density at radius 1 is 1.09 bits per heavy atom. The zero-order valence-corrected chi connectivity index (χ0v) is 12.5. The van der Waals surface area contributed by atoms with Gasteiger partial charge < -0.3 is 9.84 Å². The van der Waals surface area contributed by atoms with Gasteiger partial charge in [0, 0.05) is 6.54 Å². The van der Waals surface area contributed by atoms with E-state index >= 15 is 0 Å². The molecule has 5 heteroatoms. The smallest absolute Gasteiger partial charge is 0.414 e. The van der Waals surface area contributed by atoms with Crippen molar-refractivity contribution < 1.29 is 19.4 Å². The van der Waals surface area contributed by atoms with E-state index < -0.39 is 18.0 Å². The minimum Gasteiger partial charge on any atom is -0.481 e. The molecule has 1 heterocycles. The number of nitrogens with zero attached hydrogens (tertiary/aromatic N) is 1. The summed E-state index contributed by atoms with van der Waals surface area (Å²) in [6, 6.07) is 16.7. The average molecular weight is 311 g/mol. The zero-order valence-electron chi connectivity index (χ0n) is 12.5. The molecule has 1 unspecified atom stereocenters. The van der Waals surface area contributed by atoms with Crippen LogP contribution in [0.5, 0.6) is 0 Å². The fraction of sp³-hybridized carbons (Fsp3) is 0.222. The van der Waals surface area contributed by atoms with Crippen molar-refractivity contribution >= 4 is 17.7 Å². The Morgan fingerprint density at radius 3 is 2.52 bits per heavy atom. The Morgan fingerprint density at radius 2 is 1.78 bits per heavy atom. The maximum Gasteiger partial charge on any atom is 0.414 e. The highest BCUT2D eigenvalue weighted by molar-refractivity contribution is 5.91. The molecule has 0 aliphatic carbocycles. The number of rotatable bonds is 3. The summed E-state index contributed by atoms with van der Waals surface area (Å²) in [6.07, 6.45) is -0.0965. The van der Waals surface area contributed by atoms with Gasteiger partial charge in [-0.2, -0.15) is 0 Å². The normalized spacial score (nSPS) is 16.5. The number of fused-ring (bicyclic) bond motifs is 1. The van der Waals surface area contributed by atoms with Crippen LogP contribution in [0.15, 0.2) is 54.6 Å². The van der Waals surface area contributed by atoms with E-state index in [1.807, 2.05) is 54.6 Å².